The summed E-state index contributed by atoms with van der Waals surface area (Å²) in [6, 6.07) is 11.5. The van der Waals surface area contributed by atoms with Crippen molar-refractivity contribution in [1.29, 1.82) is 0 Å². The molecule has 0 bridgehead atoms. The first-order chi connectivity index (χ1) is 12.3. The summed E-state index contributed by atoms with van der Waals surface area (Å²) in [5, 5.41) is 10.7. The van der Waals surface area contributed by atoms with Crippen molar-refractivity contribution in [1.82, 2.24) is 4.72 Å². The third-order valence-corrected chi connectivity index (χ3v) is 5.69. The number of benzene rings is 2. The Morgan fingerprint density at radius 1 is 1.12 bits per heavy atom. The Kier molecular flexibility index (Phi) is 4.75. The minimum Gasteiger partial charge on any atom is -0.311 e. The van der Waals surface area contributed by atoms with Crippen LogP contribution in [0.5, 0.6) is 0 Å². The number of aryl methyl sites for hydroxylation is 1. The number of nitro benzene ring substituents is 1. The molecule has 0 aliphatic carbocycles. The Bertz CT molecular complexity index is 939. The third kappa shape index (κ3) is 3.73. The fourth-order valence-corrected chi connectivity index (χ4v) is 4.02. The van der Waals surface area contributed by atoms with E-state index in [-0.39, 0.29) is 29.5 Å². The minimum absolute atomic E-state index is 0.0556. The number of hydrogen-bond donors (Lipinski definition) is 1. The van der Waals surface area contributed by atoms with Crippen LogP contribution < -0.4 is 9.62 Å². The second-order valence-electron chi connectivity index (χ2n) is 6.11. The smallest absolute Gasteiger partial charge is 0.269 e. The number of nitro groups is 1. The van der Waals surface area contributed by atoms with Gasteiger partial charge in [-0.15, -0.1) is 0 Å². The van der Waals surface area contributed by atoms with Crippen LogP contribution in [0.25, 0.3) is 0 Å². The van der Waals surface area contributed by atoms with Gasteiger partial charge < -0.3 is 4.90 Å². The van der Waals surface area contributed by atoms with Crippen molar-refractivity contribution in [2.75, 3.05) is 11.4 Å². The number of anilines is 1. The number of amides is 1. The van der Waals surface area contributed by atoms with E-state index in [1.54, 1.807) is 4.90 Å². The first-order valence-corrected chi connectivity index (χ1v) is 9.38. The number of sulfonamides is 1. The van der Waals surface area contributed by atoms with Gasteiger partial charge in [0, 0.05) is 36.8 Å². The van der Waals surface area contributed by atoms with Gasteiger partial charge in [0.2, 0.25) is 15.9 Å². The maximum Gasteiger partial charge on any atom is 0.269 e. The second-order valence-corrected chi connectivity index (χ2v) is 7.83. The highest BCUT2D eigenvalue weighted by Gasteiger charge is 2.33. The van der Waals surface area contributed by atoms with Crippen molar-refractivity contribution >= 4 is 27.3 Å². The molecule has 136 valence electrons. The van der Waals surface area contributed by atoms with Gasteiger partial charge in [-0.3, -0.25) is 14.9 Å². The molecule has 2 aromatic carbocycles. The Morgan fingerprint density at radius 3 is 2.31 bits per heavy atom. The molecule has 0 spiro atoms. The summed E-state index contributed by atoms with van der Waals surface area (Å²) in [5.74, 6) is -0.162. The molecule has 2 aromatic rings. The fourth-order valence-electron chi connectivity index (χ4n) is 2.80. The van der Waals surface area contributed by atoms with E-state index < -0.39 is 21.0 Å². The minimum atomic E-state index is -3.87. The highest BCUT2D eigenvalue weighted by atomic mass is 32.2. The van der Waals surface area contributed by atoms with Crippen molar-refractivity contribution in [2.45, 2.75) is 24.3 Å². The van der Waals surface area contributed by atoms with Crippen LogP contribution in [-0.4, -0.2) is 31.8 Å². The molecular formula is C17H17N3O5S. The number of hydrogen-bond acceptors (Lipinski definition) is 5. The zero-order chi connectivity index (χ0) is 18.9. The van der Waals surface area contributed by atoms with E-state index in [9.17, 15) is 23.3 Å². The lowest BCUT2D eigenvalue weighted by molar-refractivity contribution is -0.384. The van der Waals surface area contributed by atoms with E-state index in [0.29, 0.717) is 0 Å². The second kappa shape index (κ2) is 6.85. The highest BCUT2D eigenvalue weighted by molar-refractivity contribution is 7.89. The first-order valence-electron chi connectivity index (χ1n) is 7.90. The molecule has 0 unspecified atom stereocenters. The van der Waals surface area contributed by atoms with E-state index in [1.165, 1.54) is 12.1 Å². The van der Waals surface area contributed by atoms with Crippen LogP contribution in [0.4, 0.5) is 11.4 Å². The van der Waals surface area contributed by atoms with E-state index in [1.807, 2.05) is 31.2 Å². The van der Waals surface area contributed by atoms with E-state index in [2.05, 4.69) is 4.72 Å². The largest absolute Gasteiger partial charge is 0.311 e. The molecule has 1 aliphatic heterocycles. The average molecular weight is 375 g/mol. The zero-order valence-electron chi connectivity index (χ0n) is 14.0. The van der Waals surface area contributed by atoms with Crippen LogP contribution in [0.1, 0.15) is 12.0 Å². The van der Waals surface area contributed by atoms with E-state index >= 15 is 0 Å². The van der Waals surface area contributed by atoms with Crippen molar-refractivity contribution in [3.63, 3.8) is 0 Å². The first kappa shape index (κ1) is 18.0. The summed E-state index contributed by atoms with van der Waals surface area (Å²) >= 11 is 0. The Labute approximate surface area is 150 Å². The zero-order valence-corrected chi connectivity index (χ0v) is 14.8. The van der Waals surface area contributed by atoms with Crippen molar-refractivity contribution < 1.29 is 18.1 Å². The third-order valence-electron chi connectivity index (χ3n) is 4.15. The molecule has 9 heteroatoms. The maximum absolute atomic E-state index is 12.5. The molecular weight excluding hydrogens is 358 g/mol. The fraction of sp³-hybridized carbons (Fsp3) is 0.235. The van der Waals surface area contributed by atoms with Crippen LogP contribution in [0.2, 0.25) is 0 Å². The molecule has 1 N–H and O–H groups in total. The quantitative estimate of drug-likeness (QED) is 0.635. The predicted octanol–water partition coefficient (Wildman–Crippen LogP) is 1.99. The van der Waals surface area contributed by atoms with Crippen LogP contribution in [0.15, 0.2) is 53.4 Å². The molecule has 1 atom stereocenters. The maximum atomic E-state index is 12.5. The average Bonchev–Trinajstić information content (AvgIpc) is 2.95. The number of carbonyl (C=O) groups is 1. The van der Waals surface area contributed by atoms with Crippen LogP contribution in [0.3, 0.4) is 0 Å². The van der Waals surface area contributed by atoms with Gasteiger partial charge in [0.1, 0.15) is 0 Å². The van der Waals surface area contributed by atoms with Gasteiger partial charge in [0.25, 0.3) is 5.69 Å². The molecule has 0 radical (unpaired) electrons. The van der Waals surface area contributed by atoms with Gasteiger partial charge in [-0.25, -0.2) is 13.1 Å². The summed E-state index contributed by atoms with van der Waals surface area (Å²) in [5.41, 5.74) is 1.60. The van der Waals surface area contributed by atoms with Gasteiger partial charge in [-0.05, 0) is 31.2 Å². The highest BCUT2D eigenvalue weighted by Crippen LogP contribution is 2.23. The molecule has 3 rings (SSSR count). The SMILES string of the molecule is Cc1ccc(N2C[C@@H](NS(=O)(=O)c3ccc([N+](=O)[O-])cc3)CC2=O)cc1. The lowest BCUT2D eigenvalue weighted by Crippen LogP contribution is -2.37. The molecule has 1 fully saturated rings. The standard InChI is InChI=1S/C17H17N3O5S/c1-12-2-4-14(5-3-12)19-11-13(10-17(19)21)18-26(24,25)16-8-6-15(7-9-16)20(22)23/h2-9,13,18H,10-11H2,1H3/t13-/m0/s1. The van der Waals surface area contributed by atoms with Gasteiger partial charge in [0.15, 0.2) is 0 Å². The molecule has 1 saturated heterocycles. The van der Waals surface area contributed by atoms with Crippen LogP contribution >= 0.6 is 0 Å². The number of rotatable bonds is 5. The van der Waals surface area contributed by atoms with E-state index in [0.717, 1.165) is 23.4 Å². The monoisotopic (exact) mass is 375 g/mol. The van der Waals surface area contributed by atoms with E-state index in [4.69, 9.17) is 0 Å². The predicted molar refractivity (Wildman–Crippen MR) is 95.4 cm³/mol. The molecule has 0 aromatic heterocycles. The van der Waals surface area contributed by atoms with Gasteiger partial charge in [0.05, 0.1) is 9.82 Å². The van der Waals surface area contributed by atoms with Gasteiger partial charge >= 0.3 is 0 Å². The number of carbonyl (C=O) groups excluding carboxylic acids is 1. The van der Waals surface area contributed by atoms with Gasteiger partial charge in [-0.2, -0.15) is 0 Å². The molecule has 1 heterocycles. The lowest BCUT2D eigenvalue weighted by Gasteiger charge is -2.17. The van der Waals surface area contributed by atoms with Crippen LogP contribution in [-0.2, 0) is 14.8 Å². The molecule has 26 heavy (non-hydrogen) atoms. The van der Waals surface area contributed by atoms with Crippen molar-refractivity contribution in [3.05, 3.63) is 64.2 Å². The van der Waals surface area contributed by atoms with Gasteiger partial charge in [-0.1, -0.05) is 17.7 Å². The molecule has 8 nitrogen and oxygen atoms in total. The number of non-ortho nitro benzene ring substituents is 1. The molecule has 1 amide bonds. The Hall–Kier alpha value is -2.78. The summed E-state index contributed by atoms with van der Waals surface area (Å²) < 4.78 is 27.4. The summed E-state index contributed by atoms with van der Waals surface area (Å²) in [7, 11) is -3.87. The number of nitrogens with zero attached hydrogens (tertiary/aromatic N) is 2. The normalized spacial score (nSPS) is 17.5. The topological polar surface area (TPSA) is 110 Å². The molecule has 1 aliphatic rings. The summed E-state index contributed by atoms with van der Waals surface area (Å²) in [4.78, 5) is 23.8. The lowest BCUT2D eigenvalue weighted by atomic mass is 10.2. The van der Waals surface area contributed by atoms with Crippen molar-refractivity contribution in [3.8, 4) is 0 Å². The van der Waals surface area contributed by atoms with Crippen molar-refractivity contribution in [2.24, 2.45) is 0 Å². The Balaban J connectivity index is 1.73. The summed E-state index contributed by atoms with van der Waals surface area (Å²) in [6.07, 6.45) is 0.0556. The molecule has 0 saturated carbocycles. The Morgan fingerprint density at radius 2 is 1.73 bits per heavy atom. The summed E-state index contributed by atoms with van der Waals surface area (Å²) in [6.45, 7) is 2.17. The number of nitrogens with one attached hydrogen (secondary N) is 1. The van der Waals surface area contributed by atoms with Crippen LogP contribution in [0, 0.1) is 17.0 Å².